The quantitative estimate of drug-likeness (QED) is 0.728. The van der Waals surface area contributed by atoms with Gasteiger partial charge < -0.3 is 9.47 Å². The predicted molar refractivity (Wildman–Crippen MR) is 59.6 cm³/mol. The molecular formula is C9H12ClN5. The van der Waals surface area contributed by atoms with Crippen LogP contribution in [0.2, 0.25) is 0 Å². The van der Waals surface area contributed by atoms with E-state index < -0.39 is 0 Å². The minimum Gasteiger partial charge on any atom is -0.355 e. The zero-order chi connectivity index (χ0) is 9.54. The van der Waals surface area contributed by atoms with Crippen molar-refractivity contribution >= 4 is 18.2 Å². The average molecular weight is 226 g/mol. The summed E-state index contributed by atoms with van der Waals surface area (Å²) in [5, 5.41) is 0. The Hall–Kier alpha value is -1.36. The first-order valence-electron chi connectivity index (χ1n) is 4.81. The molecule has 0 aromatic rings. The fraction of sp³-hybridized carbons (Fsp3) is 0.444. The van der Waals surface area contributed by atoms with Gasteiger partial charge in [-0.2, -0.15) is 0 Å². The molecule has 3 aliphatic rings. The molecular weight excluding hydrogens is 214 g/mol. The molecule has 0 aromatic carbocycles. The average Bonchev–Trinajstić information content (AvgIpc) is 2.82. The Morgan fingerprint density at radius 3 is 2.93 bits per heavy atom. The van der Waals surface area contributed by atoms with E-state index in [1.807, 2.05) is 6.33 Å². The monoisotopic (exact) mass is 225 g/mol. The van der Waals surface area contributed by atoms with Crippen LogP contribution in [0.3, 0.4) is 0 Å². The Kier molecular flexibility index (Phi) is 2.48. The Morgan fingerprint density at radius 2 is 2.13 bits per heavy atom. The highest BCUT2D eigenvalue weighted by Crippen LogP contribution is 2.30. The molecule has 6 heteroatoms. The van der Waals surface area contributed by atoms with Crippen molar-refractivity contribution < 1.29 is 0 Å². The van der Waals surface area contributed by atoms with Gasteiger partial charge in [-0.05, 0) is 6.92 Å². The zero-order valence-corrected chi connectivity index (χ0v) is 9.24. The number of imidazole rings is 1. The largest absolute Gasteiger partial charge is 0.355 e. The molecule has 80 valence electrons. The molecule has 0 spiro atoms. The van der Waals surface area contributed by atoms with E-state index in [-0.39, 0.29) is 12.4 Å². The molecule has 0 saturated carbocycles. The lowest BCUT2D eigenvalue weighted by Gasteiger charge is -2.16. The molecule has 0 unspecified atom stereocenters. The molecule has 5 nitrogen and oxygen atoms in total. The second-order valence-corrected chi connectivity index (χ2v) is 3.39. The fourth-order valence-corrected chi connectivity index (χ4v) is 1.96. The molecule has 3 rings (SSSR count). The van der Waals surface area contributed by atoms with Crippen LogP contribution in [-0.4, -0.2) is 32.6 Å². The summed E-state index contributed by atoms with van der Waals surface area (Å²) in [4.78, 5) is 14.9. The molecule has 0 N–H and O–H groups in total. The van der Waals surface area contributed by atoms with Crippen molar-refractivity contribution in [2.75, 3.05) is 18.0 Å². The maximum atomic E-state index is 4.25. The zero-order valence-electron chi connectivity index (χ0n) is 8.42. The van der Waals surface area contributed by atoms with Crippen molar-refractivity contribution in [1.82, 2.24) is 19.5 Å². The summed E-state index contributed by atoms with van der Waals surface area (Å²) >= 11 is 0. The normalized spacial score (nSPS) is 14.1. The first kappa shape index (κ1) is 10.2. The lowest BCUT2D eigenvalue weighted by atomic mass is 10.3. The smallest absolute Gasteiger partial charge is 0.184 e. The molecule has 3 aliphatic heterocycles. The molecule has 0 atom stereocenters. The summed E-state index contributed by atoms with van der Waals surface area (Å²) in [5.41, 5.74) is 0.923. The van der Waals surface area contributed by atoms with E-state index in [1.54, 1.807) is 6.33 Å². The number of anilines is 1. The van der Waals surface area contributed by atoms with E-state index in [0.29, 0.717) is 0 Å². The summed E-state index contributed by atoms with van der Waals surface area (Å²) in [6, 6.07) is 0. The molecule has 0 aliphatic carbocycles. The van der Waals surface area contributed by atoms with Crippen LogP contribution in [0.15, 0.2) is 12.7 Å². The van der Waals surface area contributed by atoms with Crippen molar-refractivity contribution in [1.29, 1.82) is 0 Å². The minimum absolute atomic E-state index is 0. The minimum atomic E-state index is 0. The summed E-state index contributed by atoms with van der Waals surface area (Å²) in [6.07, 6.45) is 3.42. The number of hydrogen-bond acceptors (Lipinski definition) is 4. The van der Waals surface area contributed by atoms with E-state index in [0.717, 1.165) is 37.0 Å². The first-order valence-corrected chi connectivity index (χ1v) is 4.81. The fourth-order valence-electron chi connectivity index (χ4n) is 1.96. The van der Waals surface area contributed by atoms with Gasteiger partial charge >= 0.3 is 0 Å². The first-order chi connectivity index (χ1) is 6.90. The topological polar surface area (TPSA) is 46.8 Å². The Balaban J connectivity index is 0.000000853. The van der Waals surface area contributed by atoms with Crippen LogP contribution < -0.4 is 4.90 Å². The van der Waals surface area contributed by atoms with Gasteiger partial charge in [-0.1, -0.05) is 0 Å². The Morgan fingerprint density at radius 1 is 1.27 bits per heavy atom. The molecule has 15 heavy (non-hydrogen) atoms. The Labute approximate surface area is 93.9 Å². The molecule has 0 saturated heterocycles. The Bertz CT molecular complexity index is 440. The number of hydrogen-bond donors (Lipinski definition) is 0. The highest BCUT2D eigenvalue weighted by molar-refractivity contribution is 5.85. The van der Waals surface area contributed by atoms with Gasteiger partial charge in [-0.3, -0.25) is 0 Å². The van der Waals surface area contributed by atoms with Crippen LogP contribution in [0.1, 0.15) is 6.92 Å². The lowest BCUT2D eigenvalue weighted by molar-refractivity contribution is 0.762. The number of aromatic nitrogens is 4. The van der Waals surface area contributed by atoms with Gasteiger partial charge in [0.05, 0.1) is 6.33 Å². The van der Waals surface area contributed by atoms with Crippen molar-refractivity contribution in [2.24, 2.45) is 0 Å². The van der Waals surface area contributed by atoms with Crippen LogP contribution in [0.4, 0.5) is 5.82 Å². The molecule has 0 bridgehead atoms. The third kappa shape index (κ3) is 1.34. The number of nitrogens with zero attached hydrogens (tertiary/aromatic N) is 5. The van der Waals surface area contributed by atoms with Crippen LogP contribution in [0.25, 0.3) is 11.5 Å². The highest BCUT2D eigenvalue weighted by atomic mass is 35.5. The van der Waals surface area contributed by atoms with Crippen LogP contribution in [-0.2, 0) is 6.54 Å². The van der Waals surface area contributed by atoms with Gasteiger partial charge in [0.25, 0.3) is 0 Å². The van der Waals surface area contributed by atoms with E-state index in [9.17, 15) is 0 Å². The summed E-state index contributed by atoms with van der Waals surface area (Å²) in [7, 11) is 0. The second-order valence-electron chi connectivity index (χ2n) is 3.39. The molecule has 0 fully saturated rings. The number of rotatable bonds is 1. The molecule has 0 radical (unpaired) electrons. The number of fused-ring (bicyclic) bond motifs is 3. The maximum Gasteiger partial charge on any atom is 0.184 e. The van der Waals surface area contributed by atoms with Gasteiger partial charge in [0.15, 0.2) is 11.5 Å². The maximum absolute atomic E-state index is 4.25. The predicted octanol–water partition coefficient (Wildman–Crippen LogP) is 1.04. The number of halogens is 1. The van der Waals surface area contributed by atoms with Gasteiger partial charge in [0, 0.05) is 19.6 Å². The summed E-state index contributed by atoms with van der Waals surface area (Å²) in [6.45, 7) is 5.20. The van der Waals surface area contributed by atoms with Gasteiger partial charge in [0.1, 0.15) is 12.1 Å². The number of likely N-dealkylation sites (N-methyl/N-ethyl adjacent to an activating group) is 1. The van der Waals surface area contributed by atoms with E-state index >= 15 is 0 Å². The van der Waals surface area contributed by atoms with E-state index in [4.69, 9.17) is 0 Å². The standard InChI is InChI=1S/C9H11N5.ClH/c1-2-13-3-4-14-6-12-8-7(9(13)14)10-5-11-8;/h5-6H,2-4H2,1H3;1H. The van der Waals surface area contributed by atoms with Gasteiger partial charge in [-0.15, -0.1) is 12.4 Å². The van der Waals surface area contributed by atoms with Crippen molar-refractivity contribution in [3.05, 3.63) is 12.7 Å². The highest BCUT2D eigenvalue weighted by Gasteiger charge is 2.24. The lowest BCUT2D eigenvalue weighted by Crippen LogP contribution is -2.20. The van der Waals surface area contributed by atoms with Gasteiger partial charge in [0.2, 0.25) is 0 Å². The van der Waals surface area contributed by atoms with Crippen LogP contribution in [0.5, 0.6) is 0 Å². The summed E-state index contributed by atoms with van der Waals surface area (Å²) < 4.78 is 2.14. The van der Waals surface area contributed by atoms with E-state index in [1.165, 1.54) is 0 Å². The van der Waals surface area contributed by atoms with Gasteiger partial charge in [-0.25, -0.2) is 15.0 Å². The third-order valence-corrected chi connectivity index (χ3v) is 2.67. The van der Waals surface area contributed by atoms with Crippen molar-refractivity contribution in [3.8, 4) is 11.5 Å². The van der Waals surface area contributed by atoms with Crippen LogP contribution in [0, 0.1) is 0 Å². The van der Waals surface area contributed by atoms with E-state index in [2.05, 4.69) is 31.3 Å². The van der Waals surface area contributed by atoms with Crippen LogP contribution >= 0.6 is 12.4 Å². The van der Waals surface area contributed by atoms with Crippen molar-refractivity contribution in [2.45, 2.75) is 13.5 Å². The second kappa shape index (κ2) is 3.66. The molecule has 3 heterocycles. The SMILES string of the molecule is CCN1CCn2cnc3ncnc-3c21.Cl. The summed E-state index contributed by atoms with van der Waals surface area (Å²) in [5.74, 6) is 1.91. The van der Waals surface area contributed by atoms with Crippen molar-refractivity contribution in [3.63, 3.8) is 0 Å². The molecule has 0 amide bonds. The third-order valence-electron chi connectivity index (χ3n) is 2.67. The molecule has 0 aromatic heterocycles.